The number of thioether (sulfide) groups is 1. The van der Waals surface area contributed by atoms with Crippen LogP contribution in [0.5, 0.6) is 0 Å². The Bertz CT molecular complexity index is 1230. The van der Waals surface area contributed by atoms with Crippen LogP contribution in [-0.2, 0) is 14.3 Å². The number of β-lactam (4-membered cyclic amide) rings is 1. The van der Waals surface area contributed by atoms with E-state index in [4.69, 9.17) is 17.0 Å². The summed E-state index contributed by atoms with van der Waals surface area (Å²) in [6.07, 6.45) is 0.940. The predicted molar refractivity (Wildman–Crippen MR) is 141 cm³/mol. The Labute approximate surface area is 219 Å². The summed E-state index contributed by atoms with van der Waals surface area (Å²) in [4.78, 5) is 31.0. The molecule has 1 saturated heterocycles. The molecule has 2 N–H and O–H groups in total. The highest BCUT2D eigenvalue weighted by atomic mass is 79.9. The quantitative estimate of drug-likeness (QED) is 0.255. The Morgan fingerprint density at radius 2 is 1.86 bits per heavy atom. The lowest BCUT2D eigenvalue weighted by Crippen LogP contribution is -2.70. The second-order valence-electron chi connectivity index (χ2n) is 7.86. The van der Waals surface area contributed by atoms with Gasteiger partial charge < -0.3 is 10.1 Å². The molecule has 0 aliphatic carbocycles. The fourth-order valence-electron chi connectivity index (χ4n) is 4.10. The number of fused-ring (bicyclic) bond motifs is 1. The number of halogens is 1. The summed E-state index contributed by atoms with van der Waals surface area (Å²) >= 11 is 10.5. The topological polar surface area (TPSA) is 100 Å². The number of rotatable bonds is 7. The number of H-pyrrole nitrogens is 1. The number of amides is 2. The fraction of sp³-hybridized carbons (Fsp3) is 0.208. The second kappa shape index (κ2) is 10.3. The van der Waals surface area contributed by atoms with Crippen molar-refractivity contribution in [3.8, 4) is 0 Å². The number of nitrogens with zero attached hydrogens (tertiary/aromatic N) is 3. The van der Waals surface area contributed by atoms with E-state index in [1.54, 1.807) is 4.90 Å². The molecule has 11 heteroatoms. The molecule has 1 fully saturated rings. The molecule has 3 heterocycles. The van der Waals surface area contributed by atoms with Crippen LogP contribution in [0.2, 0.25) is 0 Å². The number of carbonyl (C=O) groups is 2. The third-order valence-corrected chi connectivity index (χ3v) is 7.81. The van der Waals surface area contributed by atoms with Crippen molar-refractivity contribution in [3.05, 3.63) is 89.6 Å². The van der Waals surface area contributed by atoms with Gasteiger partial charge in [0.25, 0.3) is 5.91 Å². The van der Waals surface area contributed by atoms with Crippen molar-refractivity contribution in [1.29, 1.82) is 0 Å². The summed E-state index contributed by atoms with van der Waals surface area (Å²) in [7, 11) is 0. The largest absolute Gasteiger partial charge is 0.469 e. The van der Waals surface area contributed by atoms with E-state index in [1.807, 2.05) is 60.7 Å². The smallest absolute Gasteiger partial charge is 0.253 e. The van der Waals surface area contributed by atoms with Crippen molar-refractivity contribution in [2.24, 2.45) is 0 Å². The fourth-order valence-corrected chi connectivity index (χ4v) is 5.93. The van der Waals surface area contributed by atoms with Crippen LogP contribution in [0.25, 0.3) is 5.57 Å². The molecule has 0 unspecified atom stereocenters. The molecule has 0 saturated carbocycles. The minimum atomic E-state index is -0.627. The van der Waals surface area contributed by atoms with Crippen molar-refractivity contribution < 1.29 is 14.3 Å². The van der Waals surface area contributed by atoms with E-state index in [1.165, 1.54) is 18.1 Å². The number of hydrogen-bond donors (Lipinski definition) is 2. The molecule has 0 bridgehead atoms. The van der Waals surface area contributed by atoms with Gasteiger partial charge in [-0.2, -0.15) is 5.10 Å². The third kappa shape index (κ3) is 4.63. The van der Waals surface area contributed by atoms with Gasteiger partial charge in [0.1, 0.15) is 29.5 Å². The maximum absolute atomic E-state index is 13.2. The number of benzene rings is 2. The van der Waals surface area contributed by atoms with Gasteiger partial charge in [-0.25, -0.2) is 4.98 Å². The van der Waals surface area contributed by atoms with E-state index in [-0.39, 0.29) is 27.6 Å². The zero-order chi connectivity index (χ0) is 24.4. The van der Waals surface area contributed by atoms with E-state index in [0.717, 1.165) is 16.7 Å². The van der Waals surface area contributed by atoms with E-state index < -0.39 is 12.1 Å². The van der Waals surface area contributed by atoms with Crippen molar-refractivity contribution in [1.82, 2.24) is 25.4 Å². The summed E-state index contributed by atoms with van der Waals surface area (Å²) in [5, 5.41) is 9.62. The summed E-state index contributed by atoms with van der Waals surface area (Å²) in [5.74, 6) is 0.547. The Hall–Kier alpha value is -3.02. The number of aromatic amines is 1. The Kier molecular flexibility index (Phi) is 6.98. The first-order valence-corrected chi connectivity index (χ1v) is 13.4. The second-order valence-corrected chi connectivity index (χ2v) is 9.89. The van der Waals surface area contributed by atoms with E-state index >= 15 is 0 Å². The van der Waals surface area contributed by atoms with Gasteiger partial charge in [-0.05, 0) is 23.3 Å². The van der Waals surface area contributed by atoms with Crippen LogP contribution in [0.4, 0.5) is 0 Å². The van der Waals surface area contributed by atoms with Gasteiger partial charge in [-0.3, -0.25) is 19.6 Å². The monoisotopic (exact) mass is 569 g/mol. The van der Waals surface area contributed by atoms with Crippen LogP contribution in [0.15, 0.2) is 72.7 Å². The molecule has 2 amide bonds. The van der Waals surface area contributed by atoms with Crippen LogP contribution < -0.4 is 5.32 Å². The van der Waals surface area contributed by atoms with Gasteiger partial charge in [0.2, 0.25) is 11.0 Å². The third-order valence-electron chi connectivity index (χ3n) is 5.73. The van der Waals surface area contributed by atoms with Gasteiger partial charge in [0.05, 0.1) is 5.33 Å². The van der Waals surface area contributed by atoms with Crippen LogP contribution in [0, 0.1) is 0 Å². The SMILES string of the molecule is O=C(CBr)N[C@@H]1C(=O)N2C(C(=S)OC(c3ccccc3)c3ccccc3)=C(c3ncn[nH]3)CS[C@H]12. The Morgan fingerprint density at radius 1 is 1.20 bits per heavy atom. The molecule has 0 radical (unpaired) electrons. The first kappa shape index (κ1) is 23.7. The first-order chi connectivity index (χ1) is 17.1. The number of carbonyl (C=O) groups excluding carboxylic acids is 2. The average Bonchev–Trinajstić information content (AvgIpc) is 3.45. The lowest BCUT2D eigenvalue weighted by atomic mass is 10.0. The normalized spacial score (nSPS) is 19.3. The number of thiocarbonyl (C=S) groups is 1. The molecule has 178 valence electrons. The molecule has 5 rings (SSSR count). The van der Waals surface area contributed by atoms with Gasteiger partial charge >= 0.3 is 0 Å². The van der Waals surface area contributed by atoms with Crippen molar-refractivity contribution in [2.75, 3.05) is 11.1 Å². The minimum absolute atomic E-state index is 0.123. The van der Waals surface area contributed by atoms with Crippen molar-refractivity contribution in [2.45, 2.75) is 17.5 Å². The Balaban J connectivity index is 1.51. The van der Waals surface area contributed by atoms with Crippen molar-refractivity contribution in [3.63, 3.8) is 0 Å². The van der Waals surface area contributed by atoms with Crippen LogP contribution >= 0.6 is 39.9 Å². The lowest BCUT2D eigenvalue weighted by Gasteiger charge is -2.50. The molecule has 2 aliphatic rings. The molecular formula is C24H20BrN5O3S2. The highest BCUT2D eigenvalue weighted by molar-refractivity contribution is 9.09. The van der Waals surface area contributed by atoms with Crippen LogP contribution in [0.1, 0.15) is 23.1 Å². The summed E-state index contributed by atoms with van der Waals surface area (Å²) in [6.45, 7) is 0. The van der Waals surface area contributed by atoms with E-state index in [9.17, 15) is 9.59 Å². The zero-order valence-electron chi connectivity index (χ0n) is 18.3. The zero-order valence-corrected chi connectivity index (χ0v) is 21.5. The average molecular weight is 570 g/mol. The maximum atomic E-state index is 13.2. The highest BCUT2D eigenvalue weighted by Crippen LogP contribution is 2.44. The van der Waals surface area contributed by atoms with Gasteiger partial charge in [-0.15, -0.1) is 11.8 Å². The summed E-state index contributed by atoms with van der Waals surface area (Å²) < 4.78 is 6.44. The number of ether oxygens (including phenoxy) is 1. The number of nitrogens with one attached hydrogen (secondary N) is 2. The van der Waals surface area contributed by atoms with E-state index in [2.05, 4.69) is 36.4 Å². The molecule has 0 spiro atoms. The highest BCUT2D eigenvalue weighted by Gasteiger charge is 2.54. The van der Waals surface area contributed by atoms with Gasteiger partial charge in [0, 0.05) is 11.3 Å². The predicted octanol–water partition coefficient (Wildman–Crippen LogP) is 3.44. The lowest BCUT2D eigenvalue weighted by molar-refractivity contribution is -0.145. The molecular weight excluding hydrogens is 550 g/mol. The standard InChI is InChI=1S/C24H20BrN5O3S2/c25-11-17(31)28-18-22(32)30-19(16(12-35-23(18)30)21-26-13-27-29-21)24(34)33-20(14-7-3-1-4-8-14)15-9-5-2-6-10-15/h1-10,13,18,20,23H,11-12H2,(H,28,31)(H,26,27,29)/t18-,23-/m1/s1. The molecule has 2 aromatic carbocycles. The number of alkyl halides is 1. The molecule has 2 aliphatic heterocycles. The van der Waals surface area contributed by atoms with Gasteiger partial charge in [-0.1, -0.05) is 76.6 Å². The first-order valence-electron chi connectivity index (χ1n) is 10.8. The molecule has 35 heavy (non-hydrogen) atoms. The summed E-state index contributed by atoms with van der Waals surface area (Å²) in [6, 6.07) is 18.9. The number of aromatic nitrogens is 3. The Morgan fingerprint density at radius 3 is 2.43 bits per heavy atom. The van der Waals surface area contributed by atoms with Crippen LogP contribution in [-0.4, -0.2) is 59.4 Å². The summed E-state index contributed by atoms with van der Waals surface area (Å²) in [5.41, 5.74) is 3.07. The van der Waals surface area contributed by atoms with Crippen LogP contribution in [0.3, 0.4) is 0 Å². The molecule has 8 nitrogen and oxygen atoms in total. The minimum Gasteiger partial charge on any atom is -0.469 e. The number of hydrogen-bond acceptors (Lipinski definition) is 7. The molecule has 2 atom stereocenters. The molecule has 1 aromatic heterocycles. The maximum Gasteiger partial charge on any atom is 0.253 e. The van der Waals surface area contributed by atoms with Gasteiger partial charge in [0.15, 0.2) is 5.82 Å². The van der Waals surface area contributed by atoms with Crippen molar-refractivity contribution >= 4 is 62.3 Å². The molecule has 3 aromatic rings. The van der Waals surface area contributed by atoms with E-state index in [0.29, 0.717) is 17.3 Å².